The summed E-state index contributed by atoms with van der Waals surface area (Å²) < 4.78 is 0.768. The third kappa shape index (κ3) is 2.96. The predicted molar refractivity (Wildman–Crippen MR) is 63.5 cm³/mol. The highest BCUT2D eigenvalue weighted by atomic mass is 79.9. The Hall–Kier alpha value is -1.56. The first-order chi connectivity index (χ1) is 7.72. The molecule has 0 aliphatic carbocycles. The Bertz CT molecular complexity index is 432. The quantitative estimate of drug-likeness (QED) is 0.853. The van der Waals surface area contributed by atoms with Crippen molar-refractivity contribution in [2.75, 3.05) is 18.0 Å². The fourth-order valence-electron chi connectivity index (χ4n) is 1.30. The molecule has 0 heterocycles. The van der Waals surface area contributed by atoms with Gasteiger partial charge < -0.3 is 10.0 Å². The highest BCUT2D eigenvalue weighted by Gasteiger charge is 2.09. The van der Waals surface area contributed by atoms with E-state index in [0.717, 1.165) is 15.7 Å². The topological polar surface area (TPSA) is 71.0 Å². The number of nitrogens with zero attached hydrogens (tertiary/aromatic N) is 3. The zero-order valence-corrected chi connectivity index (χ0v) is 10.1. The second kappa shape index (κ2) is 6.12. The summed E-state index contributed by atoms with van der Waals surface area (Å²) in [5.41, 5.74) is 1.56. The zero-order valence-electron chi connectivity index (χ0n) is 8.52. The van der Waals surface area contributed by atoms with E-state index in [4.69, 9.17) is 15.6 Å². The molecule has 4 nitrogen and oxygen atoms in total. The van der Waals surface area contributed by atoms with Crippen molar-refractivity contribution in [1.82, 2.24) is 0 Å². The molecular weight excluding hydrogens is 270 g/mol. The van der Waals surface area contributed by atoms with E-state index in [-0.39, 0.29) is 19.7 Å². The van der Waals surface area contributed by atoms with Crippen LogP contribution in [0.1, 0.15) is 5.56 Å². The number of benzene rings is 1. The average molecular weight is 280 g/mol. The molecule has 1 rings (SSSR count). The molecule has 1 N–H and O–H groups in total. The highest BCUT2D eigenvalue weighted by molar-refractivity contribution is 9.10. The minimum absolute atomic E-state index is 0.0324. The van der Waals surface area contributed by atoms with E-state index in [1.54, 1.807) is 23.1 Å². The van der Waals surface area contributed by atoms with Crippen LogP contribution in [-0.4, -0.2) is 18.2 Å². The molecule has 0 saturated carbocycles. The Balaban J connectivity index is 3.02. The minimum atomic E-state index is -0.0324. The lowest BCUT2D eigenvalue weighted by Crippen LogP contribution is -2.24. The van der Waals surface area contributed by atoms with Gasteiger partial charge in [-0.3, -0.25) is 0 Å². The molecule has 1 aromatic carbocycles. The third-order valence-electron chi connectivity index (χ3n) is 2.06. The van der Waals surface area contributed by atoms with Gasteiger partial charge in [0.25, 0.3) is 0 Å². The van der Waals surface area contributed by atoms with E-state index in [0.29, 0.717) is 0 Å². The van der Waals surface area contributed by atoms with E-state index in [9.17, 15) is 0 Å². The van der Waals surface area contributed by atoms with Gasteiger partial charge in [0.1, 0.15) is 13.1 Å². The Morgan fingerprint density at radius 3 is 2.31 bits per heavy atom. The van der Waals surface area contributed by atoms with Crippen molar-refractivity contribution in [2.45, 2.75) is 6.61 Å². The summed E-state index contributed by atoms with van der Waals surface area (Å²) in [6.45, 7) is 0.282. The maximum absolute atomic E-state index is 8.96. The van der Waals surface area contributed by atoms with E-state index < -0.39 is 0 Å². The number of hydrogen-bond donors (Lipinski definition) is 1. The van der Waals surface area contributed by atoms with Crippen LogP contribution in [0.25, 0.3) is 0 Å². The molecular formula is C11H10BrN3O. The molecule has 0 bridgehead atoms. The summed E-state index contributed by atoms with van der Waals surface area (Å²) in [6.07, 6.45) is 0. The SMILES string of the molecule is N#CCN(CC#N)c1ccc(CO)cc1Br. The number of aliphatic hydroxyl groups excluding tert-OH is 1. The van der Waals surface area contributed by atoms with Gasteiger partial charge in [0.2, 0.25) is 0 Å². The predicted octanol–water partition coefficient (Wildman–Crippen LogP) is 1.79. The van der Waals surface area contributed by atoms with Crippen LogP contribution < -0.4 is 4.90 Å². The molecule has 16 heavy (non-hydrogen) atoms. The van der Waals surface area contributed by atoms with Crippen molar-refractivity contribution in [3.8, 4) is 12.1 Å². The highest BCUT2D eigenvalue weighted by Crippen LogP contribution is 2.27. The molecule has 0 aliphatic heterocycles. The number of hydrogen-bond acceptors (Lipinski definition) is 4. The van der Waals surface area contributed by atoms with Crippen LogP contribution in [-0.2, 0) is 6.61 Å². The first kappa shape index (κ1) is 12.5. The molecule has 1 aromatic rings. The summed E-state index contributed by atoms with van der Waals surface area (Å²) in [5, 5.41) is 26.3. The van der Waals surface area contributed by atoms with Crippen LogP contribution in [0.3, 0.4) is 0 Å². The van der Waals surface area contributed by atoms with Crippen molar-refractivity contribution < 1.29 is 5.11 Å². The van der Waals surface area contributed by atoms with Gasteiger partial charge in [0.15, 0.2) is 0 Å². The fourth-order valence-corrected chi connectivity index (χ4v) is 1.98. The maximum Gasteiger partial charge on any atom is 0.107 e. The van der Waals surface area contributed by atoms with Crippen molar-refractivity contribution in [3.05, 3.63) is 28.2 Å². The first-order valence-corrected chi connectivity index (χ1v) is 5.40. The van der Waals surface area contributed by atoms with Gasteiger partial charge in [-0.1, -0.05) is 6.07 Å². The average Bonchev–Trinajstić information content (AvgIpc) is 2.29. The van der Waals surface area contributed by atoms with Gasteiger partial charge in [0, 0.05) is 4.47 Å². The molecule has 0 spiro atoms. The Morgan fingerprint density at radius 2 is 1.88 bits per heavy atom. The molecule has 5 heteroatoms. The van der Waals surface area contributed by atoms with Gasteiger partial charge in [-0.05, 0) is 33.6 Å². The van der Waals surface area contributed by atoms with Crippen molar-refractivity contribution in [2.24, 2.45) is 0 Å². The molecule has 82 valence electrons. The van der Waals surface area contributed by atoms with Crippen LogP contribution in [0.4, 0.5) is 5.69 Å². The summed E-state index contributed by atoms with van der Waals surface area (Å²) >= 11 is 3.36. The lowest BCUT2D eigenvalue weighted by atomic mass is 10.2. The summed E-state index contributed by atoms with van der Waals surface area (Å²) in [4.78, 5) is 1.66. The molecule has 0 fully saturated rings. The fraction of sp³-hybridized carbons (Fsp3) is 0.273. The number of nitriles is 2. The van der Waals surface area contributed by atoms with E-state index >= 15 is 0 Å². The molecule has 0 amide bonds. The molecule has 0 atom stereocenters. The molecule has 0 aliphatic rings. The molecule has 0 unspecified atom stereocenters. The molecule has 0 saturated heterocycles. The van der Waals surface area contributed by atoms with Crippen molar-refractivity contribution in [1.29, 1.82) is 10.5 Å². The third-order valence-corrected chi connectivity index (χ3v) is 2.69. The van der Waals surface area contributed by atoms with E-state index in [2.05, 4.69) is 15.9 Å². The number of rotatable bonds is 4. The van der Waals surface area contributed by atoms with Gasteiger partial charge in [-0.2, -0.15) is 10.5 Å². The van der Waals surface area contributed by atoms with Crippen LogP contribution in [0, 0.1) is 22.7 Å². The smallest absolute Gasteiger partial charge is 0.107 e. The lowest BCUT2D eigenvalue weighted by molar-refractivity contribution is 0.282. The van der Waals surface area contributed by atoms with E-state index in [1.807, 2.05) is 12.1 Å². The van der Waals surface area contributed by atoms with Crippen LogP contribution in [0.5, 0.6) is 0 Å². The largest absolute Gasteiger partial charge is 0.392 e. The monoisotopic (exact) mass is 279 g/mol. The minimum Gasteiger partial charge on any atom is -0.392 e. The second-order valence-electron chi connectivity index (χ2n) is 3.12. The number of anilines is 1. The van der Waals surface area contributed by atoms with Gasteiger partial charge in [-0.15, -0.1) is 0 Å². The van der Waals surface area contributed by atoms with Crippen LogP contribution in [0.2, 0.25) is 0 Å². The van der Waals surface area contributed by atoms with E-state index in [1.165, 1.54) is 0 Å². The number of halogens is 1. The van der Waals surface area contributed by atoms with Crippen molar-refractivity contribution >= 4 is 21.6 Å². The Labute approximate surface area is 102 Å². The molecule has 0 radical (unpaired) electrons. The standard InChI is InChI=1S/C11H10BrN3O/c12-10-7-9(8-16)1-2-11(10)15(5-3-13)6-4-14/h1-2,7,16H,5-6,8H2. The summed E-state index contributed by atoms with van der Waals surface area (Å²) in [7, 11) is 0. The summed E-state index contributed by atoms with van der Waals surface area (Å²) in [6, 6.07) is 9.35. The Morgan fingerprint density at radius 1 is 1.25 bits per heavy atom. The summed E-state index contributed by atoms with van der Waals surface area (Å²) in [5.74, 6) is 0. The maximum atomic E-state index is 8.96. The van der Waals surface area contributed by atoms with Gasteiger partial charge >= 0.3 is 0 Å². The van der Waals surface area contributed by atoms with Crippen molar-refractivity contribution in [3.63, 3.8) is 0 Å². The van der Waals surface area contributed by atoms with Crippen LogP contribution >= 0.6 is 15.9 Å². The second-order valence-corrected chi connectivity index (χ2v) is 3.97. The first-order valence-electron chi connectivity index (χ1n) is 4.61. The normalized spacial score (nSPS) is 9.25. The van der Waals surface area contributed by atoms with Gasteiger partial charge in [-0.25, -0.2) is 0 Å². The Kier molecular flexibility index (Phi) is 4.78. The number of aliphatic hydroxyl groups is 1. The zero-order chi connectivity index (χ0) is 12.0. The lowest BCUT2D eigenvalue weighted by Gasteiger charge is -2.19. The van der Waals surface area contributed by atoms with Crippen LogP contribution in [0.15, 0.2) is 22.7 Å². The molecule has 0 aromatic heterocycles. The van der Waals surface area contributed by atoms with Gasteiger partial charge in [0.05, 0.1) is 24.4 Å².